The van der Waals surface area contributed by atoms with Gasteiger partial charge in [-0.05, 0) is 30.3 Å². The predicted octanol–water partition coefficient (Wildman–Crippen LogP) is 1.85. The molecule has 7 nitrogen and oxygen atoms in total. The molecule has 1 aromatic heterocycles. The lowest BCUT2D eigenvalue weighted by Gasteiger charge is -2.15. The van der Waals surface area contributed by atoms with E-state index in [2.05, 4.69) is 10.4 Å². The van der Waals surface area contributed by atoms with Gasteiger partial charge < -0.3 is 15.2 Å². The summed E-state index contributed by atoms with van der Waals surface area (Å²) in [5.41, 5.74) is -0.262. The topological polar surface area (TPSA) is 93.5 Å². The van der Waals surface area contributed by atoms with Gasteiger partial charge in [0.2, 0.25) is 0 Å². The number of hydrogen-bond acceptors (Lipinski definition) is 5. The van der Waals surface area contributed by atoms with Crippen LogP contribution in [0.4, 0.5) is 0 Å². The fraction of sp³-hybridized carbons (Fsp3) is 0.211. The summed E-state index contributed by atoms with van der Waals surface area (Å²) in [6, 6.07) is 13.4. The molecule has 0 saturated heterocycles. The number of aromatic nitrogens is 2. The van der Waals surface area contributed by atoms with Gasteiger partial charge >= 0.3 is 0 Å². The number of carbonyl (C=O) groups excluding carboxylic acids is 1. The first-order valence-electron chi connectivity index (χ1n) is 8.28. The Morgan fingerprint density at radius 2 is 1.89 bits per heavy atom. The lowest BCUT2D eigenvalue weighted by Crippen LogP contribution is -2.34. The molecule has 140 valence electrons. The van der Waals surface area contributed by atoms with Crippen LogP contribution in [0, 0.1) is 0 Å². The lowest BCUT2D eigenvalue weighted by atomic mass is 10.1. The van der Waals surface area contributed by atoms with Gasteiger partial charge in [0.15, 0.2) is 5.69 Å². The second-order valence-corrected chi connectivity index (χ2v) is 6.32. The highest BCUT2D eigenvalue weighted by molar-refractivity contribution is 6.30. The van der Waals surface area contributed by atoms with E-state index in [4.69, 9.17) is 16.3 Å². The smallest absolute Gasteiger partial charge is 0.274 e. The van der Waals surface area contributed by atoms with Crippen LogP contribution >= 0.6 is 11.6 Å². The van der Waals surface area contributed by atoms with E-state index in [-0.39, 0.29) is 24.4 Å². The van der Waals surface area contributed by atoms with Crippen molar-refractivity contribution in [1.82, 2.24) is 15.1 Å². The molecule has 1 heterocycles. The number of halogens is 1. The standard InChI is InChI=1S/C19H18ClN3O4/c1-21-18(25)17-15-4-2-3-5-16(15)19(26)23(22-17)10-13(24)11-27-14-8-6-12(20)7-9-14/h2-9,13,24H,10-11H2,1H3,(H,21,25). The maximum Gasteiger partial charge on any atom is 0.274 e. The van der Waals surface area contributed by atoms with Gasteiger partial charge in [0, 0.05) is 17.5 Å². The van der Waals surface area contributed by atoms with Crippen molar-refractivity contribution in [2.75, 3.05) is 13.7 Å². The molecule has 3 aromatic rings. The summed E-state index contributed by atoms with van der Waals surface area (Å²) in [7, 11) is 1.49. The van der Waals surface area contributed by atoms with Crippen molar-refractivity contribution in [3.63, 3.8) is 0 Å². The maximum absolute atomic E-state index is 12.6. The van der Waals surface area contributed by atoms with Crippen molar-refractivity contribution >= 4 is 28.3 Å². The molecule has 0 aliphatic carbocycles. The highest BCUT2D eigenvalue weighted by Crippen LogP contribution is 2.16. The monoisotopic (exact) mass is 387 g/mol. The van der Waals surface area contributed by atoms with Crippen molar-refractivity contribution in [2.45, 2.75) is 12.6 Å². The highest BCUT2D eigenvalue weighted by atomic mass is 35.5. The summed E-state index contributed by atoms with van der Waals surface area (Å²) in [6.45, 7) is -0.154. The molecule has 2 N–H and O–H groups in total. The van der Waals surface area contributed by atoms with Gasteiger partial charge in [0.25, 0.3) is 11.5 Å². The minimum atomic E-state index is -0.996. The average molecular weight is 388 g/mol. The van der Waals surface area contributed by atoms with E-state index in [9.17, 15) is 14.7 Å². The zero-order valence-corrected chi connectivity index (χ0v) is 15.3. The molecule has 0 aliphatic rings. The molecular formula is C19H18ClN3O4. The Morgan fingerprint density at radius 1 is 1.22 bits per heavy atom. The van der Waals surface area contributed by atoms with Crippen molar-refractivity contribution in [3.8, 4) is 5.75 Å². The summed E-state index contributed by atoms with van der Waals surface area (Å²) in [6.07, 6.45) is -0.996. The van der Waals surface area contributed by atoms with E-state index in [1.165, 1.54) is 7.05 Å². The van der Waals surface area contributed by atoms with Crippen LogP contribution in [0.3, 0.4) is 0 Å². The van der Waals surface area contributed by atoms with Gasteiger partial charge in [0.05, 0.1) is 11.9 Å². The van der Waals surface area contributed by atoms with Crippen LogP contribution in [0.15, 0.2) is 53.3 Å². The van der Waals surface area contributed by atoms with Crippen LogP contribution in [-0.2, 0) is 6.54 Å². The van der Waals surface area contributed by atoms with Crippen LogP contribution in [-0.4, -0.2) is 40.6 Å². The first-order valence-corrected chi connectivity index (χ1v) is 8.65. The summed E-state index contributed by atoms with van der Waals surface area (Å²) in [5, 5.41) is 18.3. The summed E-state index contributed by atoms with van der Waals surface area (Å²) >= 11 is 5.82. The van der Waals surface area contributed by atoms with E-state index in [0.717, 1.165) is 4.68 Å². The van der Waals surface area contributed by atoms with Crippen molar-refractivity contribution in [1.29, 1.82) is 0 Å². The number of fused-ring (bicyclic) bond motifs is 1. The number of carbonyl (C=O) groups is 1. The fourth-order valence-electron chi connectivity index (χ4n) is 2.62. The molecule has 0 bridgehead atoms. The van der Waals surface area contributed by atoms with Gasteiger partial charge in [-0.2, -0.15) is 5.10 Å². The predicted molar refractivity (Wildman–Crippen MR) is 102 cm³/mol. The van der Waals surface area contributed by atoms with Gasteiger partial charge in [-0.15, -0.1) is 0 Å². The number of amides is 1. The zero-order valence-electron chi connectivity index (χ0n) is 14.6. The second kappa shape index (κ2) is 8.20. The number of nitrogens with zero attached hydrogens (tertiary/aromatic N) is 2. The molecule has 3 rings (SSSR count). The van der Waals surface area contributed by atoms with Crippen molar-refractivity contribution < 1.29 is 14.6 Å². The van der Waals surface area contributed by atoms with Gasteiger partial charge in [-0.3, -0.25) is 9.59 Å². The Morgan fingerprint density at radius 3 is 2.56 bits per heavy atom. The number of ether oxygens (including phenoxy) is 1. The van der Waals surface area contributed by atoms with Crippen LogP contribution < -0.4 is 15.6 Å². The van der Waals surface area contributed by atoms with Crippen LogP contribution in [0.25, 0.3) is 10.8 Å². The summed E-state index contributed by atoms with van der Waals surface area (Å²) in [5.74, 6) is 0.134. The Balaban J connectivity index is 1.83. The maximum atomic E-state index is 12.6. The van der Waals surface area contributed by atoms with Gasteiger partial charge in [-0.25, -0.2) is 4.68 Å². The van der Waals surface area contributed by atoms with Crippen LogP contribution in [0.5, 0.6) is 5.75 Å². The van der Waals surface area contributed by atoms with Crippen LogP contribution in [0.1, 0.15) is 10.5 Å². The number of aliphatic hydroxyl groups excluding tert-OH is 1. The van der Waals surface area contributed by atoms with Crippen molar-refractivity contribution in [3.05, 3.63) is 69.6 Å². The first-order chi connectivity index (χ1) is 13.0. The van der Waals surface area contributed by atoms with E-state index in [1.807, 2.05) is 0 Å². The molecule has 0 fully saturated rings. The molecule has 1 amide bonds. The molecule has 2 aromatic carbocycles. The van der Waals surface area contributed by atoms with Gasteiger partial charge in [0.1, 0.15) is 18.5 Å². The Hall–Kier alpha value is -2.90. The molecule has 1 unspecified atom stereocenters. The zero-order chi connectivity index (χ0) is 19.4. The molecule has 1 atom stereocenters. The van der Waals surface area contributed by atoms with E-state index < -0.39 is 12.0 Å². The fourth-order valence-corrected chi connectivity index (χ4v) is 2.75. The number of benzene rings is 2. The molecule has 0 saturated carbocycles. The molecule has 8 heteroatoms. The normalized spacial score (nSPS) is 12.0. The number of hydrogen-bond donors (Lipinski definition) is 2. The second-order valence-electron chi connectivity index (χ2n) is 5.88. The quantitative estimate of drug-likeness (QED) is 0.673. The Bertz CT molecular complexity index is 1020. The third-order valence-electron chi connectivity index (χ3n) is 3.95. The number of nitrogens with one attached hydrogen (secondary N) is 1. The summed E-state index contributed by atoms with van der Waals surface area (Å²) in [4.78, 5) is 24.8. The average Bonchev–Trinajstić information content (AvgIpc) is 2.69. The van der Waals surface area contributed by atoms with Crippen LogP contribution in [0.2, 0.25) is 5.02 Å². The molecule has 0 spiro atoms. The van der Waals surface area contributed by atoms with E-state index in [1.54, 1.807) is 48.5 Å². The van der Waals surface area contributed by atoms with E-state index in [0.29, 0.717) is 21.5 Å². The molecule has 0 aliphatic heterocycles. The summed E-state index contributed by atoms with van der Waals surface area (Å²) < 4.78 is 6.58. The number of aliphatic hydroxyl groups is 1. The lowest BCUT2D eigenvalue weighted by molar-refractivity contribution is 0.0867. The Kier molecular flexibility index (Phi) is 5.73. The largest absolute Gasteiger partial charge is 0.491 e. The Labute approximate surface area is 160 Å². The number of rotatable bonds is 6. The van der Waals surface area contributed by atoms with E-state index >= 15 is 0 Å². The van der Waals surface area contributed by atoms with Crippen molar-refractivity contribution in [2.24, 2.45) is 0 Å². The first kappa shape index (κ1) is 18.9. The third kappa shape index (κ3) is 4.27. The molecule has 0 radical (unpaired) electrons. The minimum Gasteiger partial charge on any atom is -0.491 e. The molecular weight excluding hydrogens is 370 g/mol. The third-order valence-corrected chi connectivity index (χ3v) is 4.20. The SMILES string of the molecule is CNC(=O)c1nn(CC(O)COc2ccc(Cl)cc2)c(=O)c2ccccc12. The molecule has 27 heavy (non-hydrogen) atoms. The van der Waals surface area contributed by atoms with Gasteiger partial charge in [-0.1, -0.05) is 29.8 Å². The highest BCUT2D eigenvalue weighted by Gasteiger charge is 2.17. The minimum absolute atomic E-state index is 0.0438.